The number of aromatic nitrogens is 2. The van der Waals surface area contributed by atoms with E-state index >= 15 is 0 Å². The molecule has 2 heterocycles. The minimum atomic E-state index is -4.49. The van der Waals surface area contributed by atoms with Gasteiger partial charge in [0, 0.05) is 23.7 Å². The van der Waals surface area contributed by atoms with E-state index in [0.717, 1.165) is 31.6 Å². The van der Waals surface area contributed by atoms with E-state index in [1.807, 2.05) is 6.07 Å². The maximum absolute atomic E-state index is 13.3. The number of nitrogens with two attached hydrogens (primary N) is 1. The lowest BCUT2D eigenvalue weighted by Gasteiger charge is -2.20. The van der Waals surface area contributed by atoms with E-state index in [-0.39, 0.29) is 11.8 Å². The number of methoxy groups -OCH3 is 1. The Labute approximate surface area is 189 Å². The molecule has 7 nitrogen and oxygen atoms in total. The number of hydrogen-bond donors (Lipinski definition) is 3. The summed E-state index contributed by atoms with van der Waals surface area (Å²) in [5.74, 6) is 2.11. The normalized spacial score (nSPS) is 17.2. The van der Waals surface area contributed by atoms with Crippen molar-refractivity contribution in [3.63, 3.8) is 0 Å². The summed E-state index contributed by atoms with van der Waals surface area (Å²) >= 11 is 0. The molecule has 1 aliphatic rings. The second-order valence-corrected chi connectivity index (χ2v) is 8.12. The first-order valence-corrected chi connectivity index (χ1v) is 10.6. The van der Waals surface area contributed by atoms with Crippen LogP contribution in [0.2, 0.25) is 0 Å². The van der Waals surface area contributed by atoms with Crippen LogP contribution < -0.4 is 25.8 Å². The molecule has 2 aromatic carbocycles. The monoisotopic (exact) mass is 461 g/mol. The van der Waals surface area contributed by atoms with Crippen LogP contribution in [-0.2, 0) is 6.18 Å². The highest BCUT2D eigenvalue weighted by Crippen LogP contribution is 2.37. The number of anilines is 2. The molecule has 0 bridgehead atoms. The van der Waals surface area contributed by atoms with Crippen molar-refractivity contribution >= 4 is 22.4 Å². The summed E-state index contributed by atoms with van der Waals surface area (Å²) in [6.45, 7) is 5.12. The highest BCUT2D eigenvalue weighted by molar-refractivity contribution is 5.92. The van der Waals surface area contributed by atoms with Crippen LogP contribution in [0.25, 0.3) is 10.9 Å². The van der Waals surface area contributed by atoms with Crippen LogP contribution in [0.4, 0.5) is 24.7 Å². The Morgan fingerprint density at radius 3 is 2.61 bits per heavy atom. The molecular weight excluding hydrogens is 435 g/mol. The molecule has 1 aliphatic heterocycles. The zero-order chi connectivity index (χ0) is 23.8. The standard InChI is InChI=1S/C23H26F3N5O2/c1-12(14-6-15(23(24,25)26)8-16(27)7-14)29-22-18-9-21(33-17-4-5-28-11-17)20(32-3)10-19(18)30-13(2)31-22/h6-10,12,17,28H,4-5,11,27H2,1-3H3,(H,29,30,31)/t12-,17+/m1/s1. The molecule has 0 spiro atoms. The molecule has 0 saturated carbocycles. The number of halogens is 3. The lowest BCUT2D eigenvalue weighted by Crippen LogP contribution is -2.20. The van der Waals surface area contributed by atoms with Crippen LogP contribution in [0, 0.1) is 6.92 Å². The quantitative estimate of drug-likeness (QED) is 0.467. The van der Waals surface area contributed by atoms with Crippen LogP contribution >= 0.6 is 0 Å². The van der Waals surface area contributed by atoms with Gasteiger partial charge in [-0.3, -0.25) is 0 Å². The molecule has 0 aliphatic carbocycles. The predicted octanol–water partition coefficient (Wildman–Crippen LogP) is 4.46. The number of rotatable bonds is 6. The fourth-order valence-electron chi connectivity index (χ4n) is 3.90. The van der Waals surface area contributed by atoms with Crippen molar-refractivity contribution in [2.45, 2.75) is 38.6 Å². The predicted molar refractivity (Wildman–Crippen MR) is 121 cm³/mol. The van der Waals surface area contributed by atoms with Crippen molar-refractivity contribution in [3.8, 4) is 11.5 Å². The number of benzene rings is 2. The van der Waals surface area contributed by atoms with Gasteiger partial charge in [-0.05, 0) is 56.6 Å². The van der Waals surface area contributed by atoms with Crippen molar-refractivity contribution in [3.05, 3.63) is 47.3 Å². The van der Waals surface area contributed by atoms with Crippen molar-refractivity contribution in [1.29, 1.82) is 0 Å². The van der Waals surface area contributed by atoms with E-state index in [2.05, 4.69) is 20.6 Å². The lowest BCUT2D eigenvalue weighted by atomic mass is 10.0. The number of hydrogen-bond acceptors (Lipinski definition) is 7. The Balaban J connectivity index is 1.71. The van der Waals surface area contributed by atoms with Gasteiger partial charge < -0.3 is 25.8 Å². The first kappa shape index (κ1) is 22.9. The van der Waals surface area contributed by atoms with Gasteiger partial charge in [-0.15, -0.1) is 0 Å². The summed E-state index contributed by atoms with van der Waals surface area (Å²) in [7, 11) is 1.56. The Hall–Kier alpha value is -3.27. The van der Waals surface area contributed by atoms with Crippen LogP contribution in [0.3, 0.4) is 0 Å². The van der Waals surface area contributed by atoms with Gasteiger partial charge in [0.15, 0.2) is 11.5 Å². The van der Waals surface area contributed by atoms with E-state index in [9.17, 15) is 13.2 Å². The number of nitrogens with zero attached hydrogens (tertiary/aromatic N) is 2. The topological polar surface area (TPSA) is 94.3 Å². The Bertz CT molecular complexity index is 1160. The first-order chi connectivity index (χ1) is 15.6. The van der Waals surface area contributed by atoms with Gasteiger partial charge >= 0.3 is 6.18 Å². The molecule has 0 radical (unpaired) electrons. The summed E-state index contributed by atoms with van der Waals surface area (Å²) in [5, 5.41) is 7.16. The maximum atomic E-state index is 13.3. The Morgan fingerprint density at radius 1 is 1.15 bits per heavy atom. The average molecular weight is 461 g/mol. The van der Waals surface area contributed by atoms with E-state index in [0.29, 0.717) is 39.6 Å². The van der Waals surface area contributed by atoms with Crippen molar-refractivity contribution in [2.24, 2.45) is 0 Å². The highest BCUT2D eigenvalue weighted by atomic mass is 19.4. The Morgan fingerprint density at radius 2 is 1.94 bits per heavy atom. The average Bonchev–Trinajstić information content (AvgIpc) is 3.25. The molecule has 4 rings (SSSR count). The molecule has 33 heavy (non-hydrogen) atoms. The Kier molecular flexibility index (Phi) is 6.20. The smallest absolute Gasteiger partial charge is 0.416 e. The molecule has 10 heteroatoms. The fourth-order valence-corrected chi connectivity index (χ4v) is 3.90. The number of ether oxygens (including phenoxy) is 2. The summed E-state index contributed by atoms with van der Waals surface area (Å²) < 4.78 is 51.4. The van der Waals surface area contributed by atoms with Gasteiger partial charge in [-0.2, -0.15) is 13.2 Å². The number of fused-ring (bicyclic) bond motifs is 1. The first-order valence-electron chi connectivity index (χ1n) is 10.6. The lowest BCUT2D eigenvalue weighted by molar-refractivity contribution is -0.137. The van der Waals surface area contributed by atoms with Gasteiger partial charge in [0.2, 0.25) is 0 Å². The van der Waals surface area contributed by atoms with Crippen LogP contribution in [0.1, 0.15) is 36.3 Å². The van der Waals surface area contributed by atoms with Gasteiger partial charge in [-0.1, -0.05) is 0 Å². The zero-order valence-corrected chi connectivity index (χ0v) is 18.6. The van der Waals surface area contributed by atoms with Crippen LogP contribution in [0.15, 0.2) is 30.3 Å². The number of aryl methyl sites for hydroxylation is 1. The third-order valence-corrected chi connectivity index (χ3v) is 5.56. The molecular formula is C23H26F3N5O2. The van der Waals surface area contributed by atoms with Crippen LogP contribution in [0.5, 0.6) is 11.5 Å². The third kappa shape index (κ3) is 5.05. The second-order valence-electron chi connectivity index (χ2n) is 8.12. The maximum Gasteiger partial charge on any atom is 0.416 e. The fraction of sp³-hybridized carbons (Fsp3) is 0.391. The largest absolute Gasteiger partial charge is 0.493 e. The number of alkyl halides is 3. The molecule has 1 fully saturated rings. The molecule has 0 unspecified atom stereocenters. The molecule has 1 saturated heterocycles. The summed E-state index contributed by atoms with van der Waals surface area (Å²) in [6, 6.07) is 6.62. The van der Waals surface area contributed by atoms with E-state index in [4.69, 9.17) is 15.2 Å². The van der Waals surface area contributed by atoms with E-state index in [1.165, 1.54) is 6.07 Å². The minimum Gasteiger partial charge on any atom is -0.493 e. The van der Waals surface area contributed by atoms with Gasteiger partial charge in [0.25, 0.3) is 0 Å². The van der Waals surface area contributed by atoms with Crippen molar-refractivity contribution in [1.82, 2.24) is 15.3 Å². The zero-order valence-electron chi connectivity index (χ0n) is 18.6. The molecule has 3 aromatic rings. The number of nitrogen functional groups attached to an aromatic ring is 1. The summed E-state index contributed by atoms with van der Waals surface area (Å²) in [4.78, 5) is 9.00. The second kappa shape index (κ2) is 8.93. The van der Waals surface area contributed by atoms with Gasteiger partial charge in [-0.25, -0.2) is 9.97 Å². The van der Waals surface area contributed by atoms with Crippen molar-refractivity contribution < 1.29 is 22.6 Å². The van der Waals surface area contributed by atoms with Gasteiger partial charge in [0.05, 0.1) is 24.2 Å². The van der Waals surface area contributed by atoms with Crippen LogP contribution in [-0.4, -0.2) is 36.3 Å². The highest BCUT2D eigenvalue weighted by Gasteiger charge is 2.31. The third-order valence-electron chi connectivity index (χ3n) is 5.56. The molecule has 2 atom stereocenters. The summed E-state index contributed by atoms with van der Waals surface area (Å²) in [6.07, 6.45) is -3.59. The van der Waals surface area contributed by atoms with Gasteiger partial charge in [0.1, 0.15) is 17.7 Å². The SMILES string of the molecule is COc1cc2nc(C)nc(N[C@H](C)c3cc(N)cc(C(F)(F)F)c3)c2cc1O[C@H]1CCNC1. The minimum absolute atomic E-state index is 0.0196. The molecule has 4 N–H and O–H groups in total. The number of nitrogens with one attached hydrogen (secondary N) is 2. The summed E-state index contributed by atoms with van der Waals surface area (Å²) in [5.41, 5.74) is 6.03. The van der Waals surface area contributed by atoms with Crippen molar-refractivity contribution in [2.75, 3.05) is 31.2 Å². The molecule has 0 amide bonds. The molecule has 1 aromatic heterocycles. The molecule has 176 valence electrons. The van der Waals surface area contributed by atoms with E-state index in [1.54, 1.807) is 27.0 Å². The van der Waals surface area contributed by atoms with E-state index < -0.39 is 17.8 Å².